The first-order chi connectivity index (χ1) is 7.11. The maximum absolute atomic E-state index is 3.69. The number of hydrogen-bond acceptors (Lipinski definition) is 2. The van der Waals surface area contributed by atoms with Crippen LogP contribution in [0.3, 0.4) is 0 Å². The van der Waals surface area contributed by atoms with Crippen LogP contribution in [0.5, 0.6) is 0 Å². The molecule has 0 bridgehead atoms. The summed E-state index contributed by atoms with van der Waals surface area (Å²) < 4.78 is 0. The van der Waals surface area contributed by atoms with Crippen LogP contribution >= 0.6 is 11.8 Å². The van der Waals surface area contributed by atoms with Gasteiger partial charge in [0.05, 0.1) is 0 Å². The van der Waals surface area contributed by atoms with Gasteiger partial charge in [0.25, 0.3) is 0 Å². The molecule has 0 saturated heterocycles. The molecule has 0 aliphatic rings. The maximum Gasteiger partial charge on any atom is 0.0183 e. The minimum absolute atomic E-state index is 0.706. The van der Waals surface area contributed by atoms with Crippen molar-refractivity contribution in [2.45, 2.75) is 65.2 Å². The Labute approximate surface area is 101 Å². The van der Waals surface area contributed by atoms with E-state index in [4.69, 9.17) is 0 Å². The predicted octanol–water partition coefficient (Wildman–Crippen LogP) is 3.93. The van der Waals surface area contributed by atoms with Gasteiger partial charge in [-0.05, 0) is 30.6 Å². The van der Waals surface area contributed by atoms with Gasteiger partial charge in [0.2, 0.25) is 0 Å². The third-order valence-electron chi connectivity index (χ3n) is 2.70. The molecule has 0 saturated carbocycles. The molecule has 2 heteroatoms. The Morgan fingerprint density at radius 2 is 1.73 bits per heavy atom. The highest BCUT2D eigenvalue weighted by atomic mass is 32.2. The van der Waals surface area contributed by atoms with Crippen molar-refractivity contribution in [1.82, 2.24) is 5.32 Å². The first kappa shape index (κ1) is 15.3. The molecule has 0 spiro atoms. The van der Waals surface area contributed by atoms with E-state index in [1.54, 1.807) is 0 Å². The van der Waals surface area contributed by atoms with Crippen molar-refractivity contribution in [3.63, 3.8) is 0 Å². The molecule has 0 radical (unpaired) electrons. The van der Waals surface area contributed by atoms with Gasteiger partial charge >= 0.3 is 0 Å². The normalized spacial score (nSPS) is 15.6. The molecular weight excluding hydrogens is 202 g/mol. The van der Waals surface area contributed by atoms with Crippen molar-refractivity contribution >= 4 is 11.8 Å². The lowest BCUT2D eigenvalue weighted by Crippen LogP contribution is -2.38. The molecular formula is C13H29NS. The van der Waals surface area contributed by atoms with Gasteiger partial charge in [-0.1, -0.05) is 41.0 Å². The predicted molar refractivity (Wildman–Crippen MR) is 73.7 cm³/mol. The van der Waals surface area contributed by atoms with Gasteiger partial charge < -0.3 is 5.32 Å². The number of nitrogens with one attached hydrogen (secondary N) is 1. The summed E-state index contributed by atoms with van der Waals surface area (Å²) >= 11 is 2.08. The minimum atomic E-state index is 0.706. The Balaban J connectivity index is 3.92. The maximum atomic E-state index is 3.69. The molecule has 15 heavy (non-hydrogen) atoms. The molecule has 0 aliphatic heterocycles. The average molecular weight is 231 g/mol. The Kier molecular flexibility index (Phi) is 9.73. The van der Waals surface area contributed by atoms with Crippen LogP contribution < -0.4 is 5.32 Å². The van der Waals surface area contributed by atoms with Crippen LogP contribution in [0.25, 0.3) is 0 Å². The summed E-state index contributed by atoms with van der Waals surface area (Å²) in [5.41, 5.74) is 0. The number of hydrogen-bond donors (Lipinski definition) is 1. The van der Waals surface area contributed by atoms with E-state index in [9.17, 15) is 0 Å². The molecule has 0 heterocycles. The van der Waals surface area contributed by atoms with Gasteiger partial charge in [-0.25, -0.2) is 0 Å². The largest absolute Gasteiger partial charge is 0.313 e. The second kappa shape index (κ2) is 9.53. The van der Waals surface area contributed by atoms with Gasteiger partial charge in [-0.15, -0.1) is 0 Å². The number of thioether (sulfide) groups is 1. The SMILES string of the molecule is CCCNC(CSC(C)C)C(C)CCC. The molecule has 0 aromatic carbocycles. The molecule has 0 rings (SSSR count). The van der Waals surface area contributed by atoms with Gasteiger partial charge in [-0.2, -0.15) is 11.8 Å². The van der Waals surface area contributed by atoms with E-state index in [-0.39, 0.29) is 0 Å². The molecule has 0 fully saturated rings. The fraction of sp³-hybridized carbons (Fsp3) is 1.00. The fourth-order valence-corrected chi connectivity index (χ4v) is 2.75. The highest BCUT2D eigenvalue weighted by Gasteiger charge is 2.16. The molecule has 92 valence electrons. The Hall–Kier alpha value is 0.310. The molecule has 2 atom stereocenters. The molecule has 0 aromatic heterocycles. The lowest BCUT2D eigenvalue weighted by Gasteiger charge is -2.25. The van der Waals surface area contributed by atoms with Crippen LogP contribution in [0.2, 0.25) is 0 Å². The lowest BCUT2D eigenvalue weighted by atomic mass is 9.98. The van der Waals surface area contributed by atoms with Crippen LogP contribution in [-0.2, 0) is 0 Å². The average Bonchev–Trinajstić information content (AvgIpc) is 2.17. The zero-order chi connectivity index (χ0) is 11.7. The first-order valence-electron chi connectivity index (χ1n) is 6.46. The Morgan fingerprint density at radius 3 is 2.20 bits per heavy atom. The smallest absolute Gasteiger partial charge is 0.0183 e. The van der Waals surface area contributed by atoms with Crippen molar-refractivity contribution in [1.29, 1.82) is 0 Å². The van der Waals surface area contributed by atoms with Crippen LogP contribution in [0, 0.1) is 5.92 Å². The summed E-state index contributed by atoms with van der Waals surface area (Å²) in [4.78, 5) is 0. The van der Waals surface area contributed by atoms with Crippen LogP contribution in [0.1, 0.15) is 53.9 Å². The summed E-state index contributed by atoms with van der Waals surface area (Å²) in [6, 6.07) is 0.706. The topological polar surface area (TPSA) is 12.0 Å². The van der Waals surface area contributed by atoms with E-state index in [1.165, 1.54) is 25.0 Å². The quantitative estimate of drug-likeness (QED) is 0.645. The Morgan fingerprint density at radius 1 is 1.07 bits per heavy atom. The van der Waals surface area contributed by atoms with Crippen molar-refractivity contribution < 1.29 is 0 Å². The zero-order valence-corrected chi connectivity index (χ0v) is 12.0. The molecule has 0 amide bonds. The minimum Gasteiger partial charge on any atom is -0.313 e. The van der Waals surface area contributed by atoms with Crippen LogP contribution in [-0.4, -0.2) is 23.6 Å². The highest BCUT2D eigenvalue weighted by molar-refractivity contribution is 7.99. The Bertz CT molecular complexity index is 136. The molecule has 1 N–H and O–H groups in total. The molecule has 1 nitrogen and oxygen atoms in total. The third-order valence-corrected chi connectivity index (χ3v) is 3.91. The third kappa shape index (κ3) is 8.15. The summed E-state index contributed by atoms with van der Waals surface area (Å²) in [6.45, 7) is 12.6. The van der Waals surface area contributed by atoms with Crippen LogP contribution in [0.4, 0.5) is 0 Å². The fourth-order valence-electron chi connectivity index (χ4n) is 1.71. The monoisotopic (exact) mass is 231 g/mol. The lowest BCUT2D eigenvalue weighted by molar-refractivity contribution is 0.382. The summed E-state index contributed by atoms with van der Waals surface area (Å²) in [5.74, 6) is 2.08. The second-order valence-corrected chi connectivity index (χ2v) is 6.32. The second-order valence-electron chi connectivity index (χ2n) is 4.71. The highest BCUT2D eigenvalue weighted by Crippen LogP contribution is 2.18. The van der Waals surface area contributed by atoms with E-state index in [2.05, 4.69) is 51.7 Å². The van der Waals surface area contributed by atoms with Gasteiger partial charge in [0, 0.05) is 11.8 Å². The van der Waals surface area contributed by atoms with Gasteiger partial charge in [0.1, 0.15) is 0 Å². The molecule has 2 unspecified atom stereocenters. The van der Waals surface area contributed by atoms with E-state index in [0.717, 1.165) is 17.7 Å². The van der Waals surface area contributed by atoms with Crippen molar-refractivity contribution in [3.05, 3.63) is 0 Å². The molecule has 0 aliphatic carbocycles. The van der Waals surface area contributed by atoms with Crippen molar-refractivity contribution in [2.75, 3.05) is 12.3 Å². The first-order valence-corrected chi connectivity index (χ1v) is 7.51. The van der Waals surface area contributed by atoms with Crippen LogP contribution in [0.15, 0.2) is 0 Å². The van der Waals surface area contributed by atoms with Gasteiger partial charge in [0.15, 0.2) is 0 Å². The standard InChI is InChI=1S/C13H29NS/c1-6-8-12(5)13(14-9-7-2)10-15-11(3)4/h11-14H,6-10H2,1-5H3. The zero-order valence-electron chi connectivity index (χ0n) is 11.2. The van der Waals surface area contributed by atoms with Crippen molar-refractivity contribution in [2.24, 2.45) is 5.92 Å². The van der Waals surface area contributed by atoms with E-state index >= 15 is 0 Å². The van der Waals surface area contributed by atoms with E-state index in [1.807, 2.05) is 0 Å². The van der Waals surface area contributed by atoms with E-state index < -0.39 is 0 Å². The van der Waals surface area contributed by atoms with Gasteiger partial charge in [-0.3, -0.25) is 0 Å². The van der Waals surface area contributed by atoms with E-state index in [0.29, 0.717) is 6.04 Å². The summed E-state index contributed by atoms with van der Waals surface area (Å²) in [5, 5.41) is 4.44. The van der Waals surface area contributed by atoms with Crippen molar-refractivity contribution in [3.8, 4) is 0 Å². The summed E-state index contributed by atoms with van der Waals surface area (Å²) in [7, 11) is 0. The summed E-state index contributed by atoms with van der Waals surface area (Å²) in [6.07, 6.45) is 3.89. The number of rotatable bonds is 9. The molecule has 0 aromatic rings.